The molecule has 2 amide bonds. The maximum absolute atomic E-state index is 13.1. The van der Waals surface area contributed by atoms with E-state index in [1.165, 1.54) is 0 Å². The SMILES string of the molecule is Nc1nc(N2CCCC2)nc2c1[C@H](C(=O)Nc1ccc(Oc3ccccc3)cc1)CC(=O)N2. The number of fused-ring (bicyclic) bond motifs is 1. The van der Waals surface area contributed by atoms with Gasteiger partial charge in [0.25, 0.3) is 0 Å². The highest BCUT2D eigenvalue weighted by molar-refractivity contribution is 6.05. The minimum atomic E-state index is -0.776. The van der Waals surface area contributed by atoms with Crippen molar-refractivity contribution in [2.45, 2.75) is 25.2 Å². The summed E-state index contributed by atoms with van der Waals surface area (Å²) in [6.45, 7) is 1.69. The molecule has 1 saturated heterocycles. The minimum absolute atomic E-state index is 0.0232. The molecule has 0 bridgehead atoms. The van der Waals surface area contributed by atoms with Crippen LogP contribution in [-0.2, 0) is 9.59 Å². The fourth-order valence-electron chi connectivity index (χ4n) is 4.13. The number of carbonyl (C=O) groups excluding carboxylic acids is 2. The molecular formula is C24H24N6O3. The number of anilines is 4. The molecule has 0 saturated carbocycles. The summed E-state index contributed by atoms with van der Waals surface area (Å²) < 4.78 is 5.78. The number of nitrogens with one attached hydrogen (secondary N) is 2. The summed E-state index contributed by atoms with van der Waals surface area (Å²) >= 11 is 0. The first-order valence-electron chi connectivity index (χ1n) is 10.9. The Kier molecular flexibility index (Phi) is 5.52. The second-order valence-electron chi connectivity index (χ2n) is 8.10. The first kappa shape index (κ1) is 20.7. The lowest BCUT2D eigenvalue weighted by molar-refractivity contribution is -0.123. The summed E-state index contributed by atoms with van der Waals surface area (Å²) in [5, 5.41) is 5.62. The summed E-state index contributed by atoms with van der Waals surface area (Å²) in [6.07, 6.45) is 2.10. The Morgan fingerprint density at radius 3 is 2.45 bits per heavy atom. The number of rotatable bonds is 5. The van der Waals surface area contributed by atoms with Gasteiger partial charge in [0.2, 0.25) is 17.8 Å². The average molecular weight is 444 g/mol. The van der Waals surface area contributed by atoms with E-state index in [1.807, 2.05) is 35.2 Å². The largest absolute Gasteiger partial charge is 0.457 e. The van der Waals surface area contributed by atoms with E-state index >= 15 is 0 Å². The minimum Gasteiger partial charge on any atom is -0.457 e. The molecule has 2 aliphatic heterocycles. The molecule has 1 atom stereocenters. The molecule has 5 rings (SSSR count). The normalized spacial score (nSPS) is 17.3. The van der Waals surface area contributed by atoms with Gasteiger partial charge < -0.3 is 26.0 Å². The third-order valence-corrected chi connectivity index (χ3v) is 5.77. The smallest absolute Gasteiger partial charge is 0.232 e. The number of nitrogens with zero attached hydrogens (tertiary/aromatic N) is 3. The summed E-state index contributed by atoms with van der Waals surface area (Å²) in [7, 11) is 0. The summed E-state index contributed by atoms with van der Waals surface area (Å²) in [5.74, 6) is 0.991. The summed E-state index contributed by atoms with van der Waals surface area (Å²) in [4.78, 5) is 36.4. The summed E-state index contributed by atoms with van der Waals surface area (Å²) in [6, 6.07) is 16.5. The number of para-hydroxylation sites is 1. The van der Waals surface area contributed by atoms with E-state index in [1.54, 1.807) is 24.3 Å². The van der Waals surface area contributed by atoms with Crippen molar-refractivity contribution in [1.29, 1.82) is 0 Å². The van der Waals surface area contributed by atoms with E-state index in [0.717, 1.165) is 31.7 Å². The van der Waals surface area contributed by atoms with Gasteiger partial charge in [0.1, 0.15) is 23.1 Å². The molecule has 2 aliphatic rings. The predicted molar refractivity (Wildman–Crippen MR) is 125 cm³/mol. The molecule has 4 N–H and O–H groups in total. The highest BCUT2D eigenvalue weighted by atomic mass is 16.5. The van der Waals surface area contributed by atoms with Gasteiger partial charge in [-0.05, 0) is 49.2 Å². The van der Waals surface area contributed by atoms with Crippen LogP contribution in [0.25, 0.3) is 0 Å². The van der Waals surface area contributed by atoms with Crippen molar-refractivity contribution in [3.63, 3.8) is 0 Å². The zero-order valence-corrected chi connectivity index (χ0v) is 18.0. The van der Waals surface area contributed by atoms with E-state index in [4.69, 9.17) is 10.5 Å². The molecule has 0 unspecified atom stereocenters. The van der Waals surface area contributed by atoms with E-state index in [2.05, 4.69) is 20.6 Å². The fourth-order valence-corrected chi connectivity index (χ4v) is 4.13. The second kappa shape index (κ2) is 8.78. The van der Waals surface area contributed by atoms with Gasteiger partial charge in [0.05, 0.1) is 11.5 Å². The van der Waals surface area contributed by atoms with Crippen LogP contribution in [0.2, 0.25) is 0 Å². The highest BCUT2D eigenvalue weighted by Gasteiger charge is 2.35. The summed E-state index contributed by atoms with van der Waals surface area (Å²) in [5.41, 5.74) is 7.29. The van der Waals surface area contributed by atoms with Crippen LogP contribution in [0.5, 0.6) is 11.5 Å². The topological polar surface area (TPSA) is 122 Å². The molecule has 33 heavy (non-hydrogen) atoms. The van der Waals surface area contributed by atoms with Crippen LogP contribution in [0.15, 0.2) is 54.6 Å². The standard InChI is InChI=1S/C24H24N6O3/c25-21-20-18(14-19(31)27-22(20)29-24(28-21)30-12-4-5-13-30)23(32)26-15-8-10-17(11-9-15)33-16-6-2-1-3-7-16/h1-3,6-11,18H,4-5,12-14H2,(H,26,32)(H3,25,27,28,29,31)/t18-/m1/s1. The molecule has 9 heteroatoms. The zero-order chi connectivity index (χ0) is 22.8. The van der Waals surface area contributed by atoms with Crippen molar-refractivity contribution in [1.82, 2.24) is 9.97 Å². The van der Waals surface area contributed by atoms with Crippen molar-refractivity contribution >= 4 is 35.1 Å². The van der Waals surface area contributed by atoms with Gasteiger partial charge in [-0.1, -0.05) is 18.2 Å². The van der Waals surface area contributed by atoms with Crippen molar-refractivity contribution in [2.24, 2.45) is 0 Å². The number of carbonyl (C=O) groups is 2. The number of nitrogen functional groups attached to an aromatic ring is 1. The molecule has 0 spiro atoms. The van der Waals surface area contributed by atoms with Gasteiger partial charge in [-0.25, -0.2) is 0 Å². The molecule has 0 aliphatic carbocycles. The maximum Gasteiger partial charge on any atom is 0.232 e. The first-order valence-corrected chi connectivity index (χ1v) is 10.9. The molecule has 168 valence electrons. The molecule has 3 heterocycles. The molecule has 2 aromatic carbocycles. The number of ether oxygens (including phenoxy) is 1. The van der Waals surface area contributed by atoms with Crippen molar-refractivity contribution in [3.8, 4) is 11.5 Å². The highest BCUT2D eigenvalue weighted by Crippen LogP contribution is 2.37. The van der Waals surface area contributed by atoms with Crippen molar-refractivity contribution < 1.29 is 14.3 Å². The zero-order valence-electron chi connectivity index (χ0n) is 18.0. The lowest BCUT2D eigenvalue weighted by Crippen LogP contribution is -2.33. The predicted octanol–water partition coefficient (Wildman–Crippen LogP) is 3.52. The van der Waals surface area contributed by atoms with Crippen LogP contribution in [0.4, 0.5) is 23.3 Å². The van der Waals surface area contributed by atoms with Crippen LogP contribution in [0, 0.1) is 0 Å². The van der Waals surface area contributed by atoms with Gasteiger partial charge in [-0.2, -0.15) is 9.97 Å². The van der Waals surface area contributed by atoms with E-state index in [-0.39, 0.29) is 24.1 Å². The quantitative estimate of drug-likeness (QED) is 0.550. The number of amides is 2. The van der Waals surface area contributed by atoms with Gasteiger partial charge in [-0.15, -0.1) is 0 Å². The molecule has 0 radical (unpaired) electrons. The van der Waals surface area contributed by atoms with Crippen LogP contribution < -0.4 is 26.0 Å². The Hall–Kier alpha value is -4.14. The molecule has 9 nitrogen and oxygen atoms in total. The van der Waals surface area contributed by atoms with Gasteiger partial charge >= 0.3 is 0 Å². The van der Waals surface area contributed by atoms with Crippen LogP contribution in [0.3, 0.4) is 0 Å². The fraction of sp³-hybridized carbons (Fsp3) is 0.250. The Labute approximate surface area is 191 Å². The van der Waals surface area contributed by atoms with Gasteiger partial charge in [0.15, 0.2) is 0 Å². The third-order valence-electron chi connectivity index (χ3n) is 5.77. The maximum atomic E-state index is 13.1. The second-order valence-corrected chi connectivity index (χ2v) is 8.10. The molecular weight excluding hydrogens is 420 g/mol. The Bertz CT molecular complexity index is 1180. The van der Waals surface area contributed by atoms with E-state index < -0.39 is 5.92 Å². The Morgan fingerprint density at radius 1 is 1.03 bits per heavy atom. The lowest BCUT2D eigenvalue weighted by atomic mass is 9.92. The van der Waals surface area contributed by atoms with Crippen LogP contribution in [-0.4, -0.2) is 34.9 Å². The molecule has 1 fully saturated rings. The van der Waals surface area contributed by atoms with Crippen molar-refractivity contribution in [2.75, 3.05) is 34.4 Å². The average Bonchev–Trinajstić information content (AvgIpc) is 3.35. The number of hydrogen-bond donors (Lipinski definition) is 3. The van der Waals surface area contributed by atoms with Gasteiger partial charge in [0, 0.05) is 25.2 Å². The third kappa shape index (κ3) is 4.43. The number of hydrogen-bond acceptors (Lipinski definition) is 7. The monoisotopic (exact) mass is 444 g/mol. The van der Waals surface area contributed by atoms with E-state index in [0.29, 0.717) is 28.8 Å². The number of aromatic nitrogens is 2. The number of nitrogens with two attached hydrogens (primary N) is 1. The number of benzene rings is 2. The molecule has 1 aromatic heterocycles. The molecule has 3 aromatic rings. The van der Waals surface area contributed by atoms with Crippen LogP contribution in [0.1, 0.15) is 30.7 Å². The Morgan fingerprint density at radius 2 is 1.73 bits per heavy atom. The Balaban J connectivity index is 1.33. The van der Waals surface area contributed by atoms with E-state index in [9.17, 15) is 9.59 Å². The van der Waals surface area contributed by atoms with Crippen LogP contribution >= 0.6 is 0 Å². The van der Waals surface area contributed by atoms with Crippen molar-refractivity contribution in [3.05, 3.63) is 60.2 Å². The van der Waals surface area contributed by atoms with Gasteiger partial charge in [-0.3, -0.25) is 9.59 Å². The lowest BCUT2D eigenvalue weighted by Gasteiger charge is -2.26. The first-order chi connectivity index (χ1) is 16.1.